The van der Waals surface area contributed by atoms with Crippen LogP contribution >= 0.6 is 0 Å². The van der Waals surface area contributed by atoms with Gasteiger partial charge in [-0.1, -0.05) is 36.9 Å². The van der Waals surface area contributed by atoms with Crippen molar-refractivity contribution in [2.24, 2.45) is 0 Å². The average molecular weight is 562 g/mol. The van der Waals surface area contributed by atoms with Gasteiger partial charge in [0.25, 0.3) is 0 Å². The van der Waals surface area contributed by atoms with Gasteiger partial charge >= 0.3 is 0 Å². The lowest BCUT2D eigenvalue weighted by Gasteiger charge is -2.32. The Labute approximate surface area is 232 Å². The number of piperidine rings is 1. The zero-order chi connectivity index (χ0) is 28.4. The molecule has 1 saturated heterocycles. The molecule has 11 nitrogen and oxygen atoms in total. The largest absolute Gasteiger partial charge is 0.495 e. The second kappa shape index (κ2) is 11.1. The van der Waals surface area contributed by atoms with Crippen LogP contribution in [-0.4, -0.2) is 59.2 Å². The molecule has 0 aliphatic carbocycles. The molecule has 2 aromatic carbocycles. The third-order valence-electron chi connectivity index (χ3n) is 7.05. The van der Waals surface area contributed by atoms with E-state index in [0.717, 1.165) is 29.5 Å². The second-order valence-electron chi connectivity index (χ2n) is 9.71. The molecule has 2 aromatic heterocycles. The summed E-state index contributed by atoms with van der Waals surface area (Å²) in [6.07, 6.45) is 4.41. The number of fused-ring (bicyclic) bond motifs is 1. The fourth-order valence-electron chi connectivity index (χ4n) is 4.97. The van der Waals surface area contributed by atoms with E-state index in [1.54, 1.807) is 23.1 Å². The zero-order valence-electron chi connectivity index (χ0n) is 22.4. The summed E-state index contributed by atoms with van der Waals surface area (Å²) in [6.45, 7) is 6.69. The number of hydrogen-bond donors (Lipinski definition) is 2. The van der Waals surface area contributed by atoms with Crippen LogP contribution in [0.15, 0.2) is 66.3 Å². The van der Waals surface area contributed by atoms with Crippen molar-refractivity contribution in [2.45, 2.75) is 37.2 Å². The Balaban J connectivity index is 1.41. The van der Waals surface area contributed by atoms with E-state index in [1.807, 2.05) is 35.9 Å². The summed E-state index contributed by atoms with van der Waals surface area (Å²) >= 11 is 0. The molecule has 4 aromatic rings. The molecule has 1 aliphatic rings. The topological polar surface area (TPSA) is 145 Å². The van der Waals surface area contributed by atoms with Crippen molar-refractivity contribution < 1.29 is 17.9 Å². The summed E-state index contributed by atoms with van der Waals surface area (Å²) in [7, 11) is -2.36. The van der Waals surface area contributed by atoms with Crippen LogP contribution in [0.1, 0.15) is 30.0 Å². The number of hydrogen-bond acceptors (Lipinski definition) is 8. The Bertz CT molecular complexity index is 1680. The molecule has 40 heavy (non-hydrogen) atoms. The van der Waals surface area contributed by atoms with Gasteiger partial charge in [0.2, 0.25) is 15.9 Å². The van der Waals surface area contributed by atoms with Crippen LogP contribution in [-0.2, 0) is 21.4 Å². The number of ether oxygens (including phenoxy) is 1. The van der Waals surface area contributed by atoms with E-state index in [2.05, 4.69) is 21.3 Å². The highest BCUT2D eigenvalue weighted by atomic mass is 32.2. The molecule has 1 fully saturated rings. The number of rotatable bonds is 8. The number of benzene rings is 2. The summed E-state index contributed by atoms with van der Waals surface area (Å²) in [5, 5.41) is 5.52. The van der Waals surface area contributed by atoms with Crippen LogP contribution in [0.3, 0.4) is 0 Å². The Kier molecular flexibility index (Phi) is 7.55. The Morgan fingerprint density at radius 3 is 2.73 bits per heavy atom. The molecule has 0 radical (unpaired) electrons. The van der Waals surface area contributed by atoms with Gasteiger partial charge in [0.15, 0.2) is 5.65 Å². The maximum absolute atomic E-state index is 13.0. The predicted octanol–water partition coefficient (Wildman–Crippen LogP) is 3.22. The Morgan fingerprint density at radius 2 is 2.00 bits per heavy atom. The fraction of sp³-hybridized carbons (Fsp3) is 0.286. The molecule has 5 rings (SSSR count). The first-order valence-electron chi connectivity index (χ1n) is 12.9. The highest BCUT2D eigenvalue weighted by Crippen LogP contribution is 2.34. The third kappa shape index (κ3) is 5.27. The smallest absolute Gasteiger partial charge is 0.246 e. The third-order valence-corrected chi connectivity index (χ3v) is 8.47. The van der Waals surface area contributed by atoms with E-state index < -0.39 is 10.0 Å². The molecule has 1 aliphatic heterocycles. The van der Waals surface area contributed by atoms with E-state index in [0.29, 0.717) is 35.6 Å². The number of carbonyl (C=O) groups excluding carboxylic acids is 1. The van der Waals surface area contributed by atoms with Gasteiger partial charge in [-0.3, -0.25) is 4.79 Å². The number of amides is 1. The number of likely N-dealkylation sites (tertiary alicyclic amines) is 1. The van der Waals surface area contributed by atoms with Gasteiger partial charge in [0.1, 0.15) is 28.5 Å². The highest BCUT2D eigenvalue weighted by molar-refractivity contribution is 7.89. The van der Waals surface area contributed by atoms with Gasteiger partial charge in [-0.05, 0) is 49.1 Å². The van der Waals surface area contributed by atoms with E-state index in [4.69, 9.17) is 15.6 Å². The zero-order valence-corrected chi connectivity index (χ0v) is 23.2. The van der Waals surface area contributed by atoms with Crippen molar-refractivity contribution in [1.29, 1.82) is 0 Å². The number of carbonyl (C=O) groups is 1. The molecule has 3 N–H and O–H groups in total. The molecule has 1 atom stereocenters. The van der Waals surface area contributed by atoms with Crippen molar-refractivity contribution >= 4 is 32.8 Å². The number of aryl methyl sites for hydroxylation is 1. The van der Waals surface area contributed by atoms with Gasteiger partial charge in [0.05, 0.1) is 18.5 Å². The van der Waals surface area contributed by atoms with Crippen molar-refractivity contribution in [2.75, 3.05) is 25.9 Å². The van der Waals surface area contributed by atoms with E-state index in [9.17, 15) is 13.2 Å². The van der Waals surface area contributed by atoms with Crippen LogP contribution in [0.25, 0.3) is 22.3 Å². The average Bonchev–Trinajstić information content (AvgIpc) is 3.37. The van der Waals surface area contributed by atoms with Crippen LogP contribution in [0.2, 0.25) is 0 Å². The standard InChI is InChI=1S/C28H31N7O4S/c1-4-24(36)34-13-5-6-21(16-34)35-28-25(27(29)30-17-31-28)26(33-35)20-10-8-19(9-11-20)15-32-40(37,38)23-14-18(2)7-12-22(23)39-3/h4,7-12,14,17,21,32H,1,5-6,13,15-16H2,2-3H3,(H2,29,30,31). The van der Waals surface area contributed by atoms with E-state index in [-0.39, 0.29) is 29.1 Å². The van der Waals surface area contributed by atoms with Gasteiger partial charge in [0, 0.05) is 25.2 Å². The quantitative estimate of drug-likeness (QED) is 0.312. The first kappa shape index (κ1) is 27.3. The number of methoxy groups -OCH3 is 1. The minimum Gasteiger partial charge on any atom is -0.495 e. The molecule has 1 amide bonds. The minimum absolute atomic E-state index is 0.0736. The predicted molar refractivity (Wildman–Crippen MR) is 152 cm³/mol. The lowest BCUT2D eigenvalue weighted by molar-refractivity contribution is -0.127. The number of anilines is 1. The molecule has 0 saturated carbocycles. The molecular formula is C28H31N7O4S. The summed E-state index contributed by atoms with van der Waals surface area (Å²) in [6, 6.07) is 12.3. The van der Waals surface area contributed by atoms with Crippen LogP contribution < -0.4 is 15.2 Å². The highest BCUT2D eigenvalue weighted by Gasteiger charge is 2.28. The lowest BCUT2D eigenvalue weighted by atomic mass is 10.1. The normalized spacial score (nSPS) is 15.8. The van der Waals surface area contributed by atoms with Crippen molar-refractivity contribution in [1.82, 2.24) is 29.4 Å². The minimum atomic E-state index is -3.80. The molecule has 208 valence electrons. The first-order valence-corrected chi connectivity index (χ1v) is 14.3. The summed E-state index contributed by atoms with van der Waals surface area (Å²) in [4.78, 5) is 22.8. The summed E-state index contributed by atoms with van der Waals surface area (Å²) in [5.41, 5.74) is 9.86. The molecule has 12 heteroatoms. The lowest BCUT2D eigenvalue weighted by Crippen LogP contribution is -2.40. The molecule has 1 unspecified atom stereocenters. The van der Waals surface area contributed by atoms with Crippen molar-refractivity contribution in [3.8, 4) is 17.0 Å². The number of aromatic nitrogens is 4. The maximum atomic E-state index is 13.0. The number of nitrogens with two attached hydrogens (primary N) is 1. The fourth-order valence-corrected chi connectivity index (χ4v) is 6.24. The van der Waals surface area contributed by atoms with Gasteiger partial charge in [-0.15, -0.1) is 0 Å². The molecule has 0 spiro atoms. The molecule has 0 bridgehead atoms. The monoisotopic (exact) mass is 561 g/mol. The molecular weight excluding hydrogens is 530 g/mol. The maximum Gasteiger partial charge on any atom is 0.246 e. The number of nitrogen functional groups attached to an aromatic ring is 1. The second-order valence-corrected chi connectivity index (χ2v) is 11.4. The number of sulfonamides is 1. The Morgan fingerprint density at radius 1 is 1.23 bits per heavy atom. The first-order chi connectivity index (χ1) is 19.2. The summed E-state index contributed by atoms with van der Waals surface area (Å²) in [5.74, 6) is 0.485. The summed E-state index contributed by atoms with van der Waals surface area (Å²) < 4.78 is 35.7. The number of nitrogens with zero attached hydrogens (tertiary/aromatic N) is 5. The van der Waals surface area contributed by atoms with Gasteiger partial charge < -0.3 is 15.4 Å². The van der Waals surface area contributed by atoms with Gasteiger partial charge in [-0.2, -0.15) is 5.10 Å². The van der Waals surface area contributed by atoms with Crippen LogP contribution in [0, 0.1) is 6.92 Å². The van der Waals surface area contributed by atoms with E-state index in [1.165, 1.54) is 19.5 Å². The van der Waals surface area contributed by atoms with Crippen LogP contribution in [0.5, 0.6) is 5.75 Å². The van der Waals surface area contributed by atoms with Crippen molar-refractivity contribution in [3.63, 3.8) is 0 Å². The Hall–Kier alpha value is -4.29. The van der Waals surface area contributed by atoms with Crippen molar-refractivity contribution in [3.05, 3.63) is 72.6 Å². The van der Waals surface area contributed by atoms with Crippen LogP contribution in [0.4, 0.5) is 5.82 Å². The van der Waals surface area contributed by atoms with Gasteiger partial charge in [-0.25, -0.2) is 27.8 Å². The molecule has 3 heterocycles. The number of nitrogens with one attached hydrogen (secondary N) is 1. The SMILES string of the molecule is C=CC(=O)N1CCCC(n2nc(-c3ccc(CNS(=O)(=O)c4cc(C)ccc4OC)cc3)c3c(N)ncnc32)C1. The van der Waals surface area contributed by atoms with E-state index >= 15 is 0 Å².